The fraction of sp³-hybridized carbons (Fsp3) is 0.200. The first-order valence-electron chi connectivity index (χ1n) is 19.5. The Morgan fingerprint density at radius 3 is 1.06 bits per heavy atom. The molecule has 26 heteroatoms. The van der Waals surface area contributed by atoms with E-state index in [2.05, 4.69) is 51.2 Å². The van der Waals surface area contributed by atoms with E-state index in [1.807, 2.05) is 12.1 Å². The first-order chi connectivity index (χ1) is 30.8. The van der Waals surface area contributed by atoms with Crippen molar-refractivity contribution in [3.05, 3.63) is 108 Å². The molecule has 0 aliphatic carbocycles. The Bertz CT molecular complexity index is 2590. The molecule has 0 amide bonds. The zero-order chi connectivity index (χ0) is 45.7. The fourth-order valence-corrected chi connectivity index (χ4v) is 6.95. The summed E-state index contributed by atoms with van der Waals surface area (Å²) in [6.45, 7) is 7.77. The van der Waals surface area contributed by atoms with Crippen LogP contribution in [0.25, 0.3) is 12.2 Å². The fourth-order valence-electron chi connectivity index (χ4n) is 5.56. The van der Waals surface area contributed by atoms with Gasteiger partial charge in [0.2, 0.25) is 23.8 Å². The van der Waals surface area contributed by atoms with E-state index in [0.29, 0.717) is 11.4 Å². The molecule has 4 aromatic carbocycles. The normalized spacial score (nSPS) is 11.3. The SMILES string of the molecule is CCON(OCC)c1nc(Nc2ccccc2)nc(Nc2ccc(/C=C/c3ccc(Nc4nc(Nc5ccccc5)nc(N(OCC)OCC)n4)cc3S(=O)(=O)[O-])c(S(=O)(=O)[O-])c2)n1.[Na+].[Na+]. The van der Waals surface area contributed by atoms with Gasteiger partial charge in [0.15, 0.2) is 0 Å². The Morgan fingerprint density at radius 2 is 0.773 bits per heavy atom. The van der Waals surface area contributed by atoms with Crippen LogP contribution in [0, 0.1) is 0 Å². The van der Waals surface area contributed by atoms with Crippen molar-refractivity contribution in [2.45, 2.75) is 37.5 Å². The molecule has 6 rings (SSSR count). The van der Waals surface area contributed by atoms with Crippen LogP contribution in [0.3, 0.4) is 0 Å². The molecule has 0 fully saturated rings. The third-order valence-corrected chi connectivity index (χ3v) is 9.92. The van der Waals surface area contributed by atoms with E-state index in [4.69, 9.17) is 19.4 Å². The second kappa shape index (κ2) is 25.3. The molecular formula is C40H42N12Na2O10S2. The van der Waals surface area contributed by atoms with Crippen LogP contribution in [0.2, 0.25) is 0 Å². The summed E-state index contributed by atoms with van der Waals surface area (Å²) in [5.74, 6) is -0.132. The van der Waals surface area contributed by atoms with E-state index < -0.39 is 30.0 Å². The van der Waals surface area contributed by atoms with Crippen molar-refractivity contribution in [1.29, 1.82) is 0 Å². The summed E-state index contributed by atoms with van der Waals surface area (Å²) in [5, 5.41) is 13.9. The summed E-state index contributed by atoms with van der Waals surface area (Å²) in [6.07, 6.45) is 2.37. The van der Waals surface area contributed by atoms with Crippen molar-refractivity contribution in [2.75, 3.05) is 58.1 Å². The molecule has 0 aliphatic heterocycles. The van der Waals surface area contributed by atoms with Crippen LogP contribution in [0.5, 0.6) is 0 Å². The van der Waals surface area contributed by atoms with Gasteiger partial charge in [0.05, 0.1) is 36.2 Å². The number of nitrogens with zero attached hydrogens (tertiary/aromatic N) is 8. The van der Waals surface area contributed by atoms with E-state index in [1.165, 1.54) is 36.4 Å². The van der Waals surface area contributed by atoms with Crippen molar-refractivity contribution in [2.24, 2.45) is 0 Å². The molecule has 336 valence electrons. The number of para-hydroxylation sites is 2. The minimum Gasteiger partial charge on any atom is -0.744 e. The monoisotopic (exact) mass is 960 g/mol. The maximum absolute atomic E-state index is 12.6. The molecule has 6 aromatic rings. The van der Waals surface area contributed by atoms with Crippen molar-refractivity contribution in [1.82, 2.24) is 29.9 Å². The van der Waals surface area contributed by atoms with Gasteiger partial charge >= 0.3 is 59.1 Å². The van der Waals surface area contributed by atoms with Crippen LogP contribution in [0.4, 0.5) is 58.4 Å². The molecule has 0 radical (unpaired) electrons. The topological polar surface area (TPSA) is 283 Å². The van der Waals surface area contributed by atoms with E-state index in [1.54, 1.807) is 76.2 Å². The molecule has 0 spiro atoms. The quantitative estimate of drug-likeness (QED) is 0.0311. The zero-order valence-corrected chi connectivity index (χ0v) is 42.3. The number of rotatable bonds is 22. The number of anilines is 10. The maximum Gasteiger partial charge on any atom is 1.00 e. The molecule has 4 N–H and O–H groups in total. The molecule has 0 saturated carbocycles. The first kappa shape index (κ1) is 53.7. The summed E-state index contributed by atoms with van der Waals surface area (Å²) >= 11 is 0. The zero-order valence-electron chi connectivity index (χ0n) is 36.7. The largest absolute Gasteiger partial charge is 1.00 e. The average molecular weight is 961 g/mol. The van der Waals surface area contributed by atoms with Gasteiger partial charge in [-0.05, 0) is 87.4 Å². The minimum atomic E-state index is -5.15. The third-order valence-electron chi connectivity index (χ3n) is 8.14. The van der Waals surface area contributed by atoms with Crippen molar-refractivity contribution >= 4 is 90.8 Å². The summed E-state index contributed by atoms with van der Waals surface area (Å²) < 4.78 is 75.7. The van der Waals surface area contributed by atoms with E-state index in [0.717, 1.165) is 22.6 Å². The summed E-state index contributed by atoms with van der Waals surface area (Å²) in [5.41, 5.74) is 1.22. The summed E-state index contributed by atoms with van der Waals surface area (Å²) in [4.78, 5) is 47.0. The van der Waals surface area contributed by atoms with Gasteiger partial charge in [-0.1, -0.05) is 71.1 Å². The molecule has 0 unspecified atom stereocenters. The minimum absolute atomic E-state index is 0. The molecule has 0 aliphatic rings. The Hall–Kier alpha value is -4.90. The Balaban J connectivity index is 0.00000476. The van der Waals surface area contributed by atoms with Crippen LogP contribution < -0.4 is 90.8 Å². The van der Waals surface area contributed by atoms with E-state index >= 15 is 0 Å². The Labute approximate surface area is 425 Å². The maximum atomic E-state index is 12.6. The van der Waals surface area contributed by atoms with Gasteiger partial charge in [-0.2, -0.15) is 29.9 Å². The molecule has 2 heterocycles. The van der Waals surface area contributed by atoms with Gasteiger partial charge in [-0.3, -0.25) is 0 Å². The Morgan fingerprint density at radius 1 is 0.470 bits per heavy atom. The molecule has 0 saturated heterocycles. The van der Waals surface area contributed by atoms with Crippen LogP contribution in [-0.4, -0.2) is 82.3 Å². The van der Waals surface area contributed by atoms with Crippen LogP contribution in [0.1, 0.15) is 38.8 Å². The van der Waals surface area contributed by atoms with Gasteiger partial charge in [0.1, 0.15) is 20.2 Å². The van der Waals surface area contributed by atoms with Gasteiger partial charge in [-0.15, -0.1) is 0 Å². The summed E-state index contributed by atoms with van der Waals surface area (Å²) in [6, 6.07) is 25.6. The third kappa shape index (κ3) is 15.3. The van der Waals surface area contributed by atoms with Crippen molar-refractivity contribution in [3.8, 4) is 0 Å². The van der Waals surface area contributed by atoms with Gasteiger partial charge in [0.25, 0.3) is 11.9 Å². The van der Waals surface area contributed by atoms with Gasteiger partial charge in [0, 0.05) is 22.7 Å². The molecule has 22 nitrogen and oxygen atoms in total. The first-order valence-corrected chi connectivity index (χ1v) is 22.3. The molecule has 0 atom stereocenters. The second-order valence-corrected chi connectivity index (χ2v) is 15.4. The number of hydrogen-bond acceptors (Lipinski definition) is 22. The van der Waals surface area contributed by atoms with Crippen LogP contribution in [0.15, 0.2) is 107 Å². The number of nitrogens with one attached hydrogen (secondary N) is 4. The molecular weight excluding hydrogens is 919 g/mol. The predicted octanol–water partition coefficient (Wildman–Crippen LogP) is 0.436. The van der Waals surface area contributed by atoms with Crippen molar-refractivity contribution < 1.29 is 104 Å². The van der Waals surface area contributed by atoms with Crippen LogP contribution in [-0.2, 0) is 39.6 Å². The smallest absolute Gasteiger partial charge is 0.744 e. The van der Waals surface area contributed by atoms with E-state index in [-0.39, 0.29) is 144 Å². The van der Waals surface area contributed by atoms with Crippen molar-refractivity contribution in [3.63, 3.8) is 0 Å². The second-order valence-electron chi connectivity index (χ2n) is 12.7. The number of benzene rings is 4. The summed E-state index contributed by atoms with van der Waals surface area (Å²) in [7, 11) is -10.3. The standard InChI is InChI=1S/C40H44N12O10S2.2Na/c1-5-59-51(60-6-2)39-47-35(41-29-15-11-9-12-16-29)45-37(49-39)43-31-23-21-27(33(25-31)63(53,54)55)19-20-28-22-24-32(26-34(28)64(56,57)58)44-38-46-36(42-30-17-13-10-14-18-30)48-40(50-38)52(61-7-3)62-8-4;;/h9-26H,5-8H2,1-4H3,(H,53,54,55)(H,56,57,58)(H2,41,43,45,47,49)(H2,42,44,46,48,50);;/q;2*+1/p-2/b20-19+;;. The molecule has 2 aromatic heterocycles. The van der Waals surface area contributed by atoms with Gasteiger partial charge < -0.3 is 30.4 Å². The Kier molecular flexibility index (Phi) is 20.6. The number of hydrogen-bond donors (Lipinski definition) is 4. The average Bonchev–Trinajstić information content (AvgIpc) is 3.26. The predicted molar refractivity (Wildman–Crippen MR) is 235 cm³/mol. The molecule has 66 heavy (non-hydrogen) atoms. The molecule has 0 bridgehead atoms. The number of aromatic nitrogens is 6. The van der Waals surface area contributed by atoms with Gasteiger partial charge in [-0.25, -0.2) is 36.2 Å². The van der Waals surface area contributed by atoms with Crippen LogP contribution >= 0.6 is 0 Å². The van der Waals surface area contributed by atoms with E-state index in [9.17, 15) is 25.9 Å².